The molecule has 5 nitrogen and oxygen atoms in total. The van der Waals surface area contributed by atoms with Crippen LogP contribution in [0, 0.1) is 0 Å². The van der Waals surface area contributed by atoms with E-state index in [0.717, 1.165) is 23.9 Å². The van der Waals surface area contributed by atoms with Crippen LogP contribution in [0.2, 0.25) is 0 Å². The maximum absolute atomic E-state index is 6.28. The van der Waals surface area contributed by atoms with Crippen molar-refractivity contribution in [1.82, 2.24) is 14.5 Å². The molecule has 1 fully saturated rings. The highest BCUT2D eigenvalue weighted by atomic mass is 16.5. The van der Waals surface area contributed by atoms with Gasteiger partial charge in [-0.3, -0.25) is 0 Å². The summed E-state index contributed by atoms with van der Waals surface area (Å²) >= 11 is 0. The van der Waals surface area contributed by atoms with E-state index in [0.29, 0.717) is 12.5 Å². The van der Waals surface area contributed by atoms with Crippen LogP contribution < -0.4 is 10.5 Å². The van der Waals surface area contributed by atoms with Crippen LogP contribution in [0.3, 0.4) is 0 Å². The fourth-order valence-corrected chi connectivity index (χ4v) is 2.58. The van der Waals surface area contributed by atoms with Crippen molar-refractivity contribution in [3.05, 3.63) is 18.6 Å². The maximum atomic E-state index is 6.28. The largest absolute Gasteiger partial charge is 0.474 e. The van der Waals surface area contributed by atoms with Gasteiger partial charge in [-0.1, -0.05) is 12.8 Å². The molecule has 1 aliphatic carbocycles. The van der Waals surface area contributed by atoms with E-state index in [9.17, 15) is 0 Å². The highest BCUT2D eigenvalue weighted by molar-refractivity contribution is 5.79. The number of hydrogen-bond donors (Lipinski definition) is 1. The van der Waals surface area contributed by atoms with Crippen molar-refractivity contribution in [1.29, 1.82) is 0 Å². The van der Waals surface area contributed by atoms with Gasteiger partial charge in [0, 0.05) is 13.2 Å². The van der Waals surface area contributed by atoms with E-state index in [1.807, 2.05) is 17.7 Å². The molecule has 0 spiro atoms. The quantitative estimate of drug-likeness (QED) is 0.893. The minimum atomic E-state index is -0.182. The van der Waals surface area contributed by atoms with E-state index in [1.165, 1.54) is 12.8 Å². The molecule has 3 rings (SSSR count). The fraction of sp³-hybridized carbons (Fsp3) is 0.538. The Kier molecular flexibility index (Phi) is 2.70. The lowest BCUT2D eigenvalue weighted by molar-refractivity contribution is 0.215. The van der Waals surface area contributed by atoms with Crippen molar-refractivity contribution in [2.45, 2.75) is 31.2 Å². The van der Waals surface area contributed by atoms with Crippen molar-refractivity contribution < 1.29 is 4.74 Å². The number of nitrogens with two attached hydrogens (primary N) is 1. The molecule has 18 heavy (non-hydrogen) atoms. The molecule has 2 heterocycles. The minimum absolute atomic E-state index is 0.182. The van der Waals surface area contributed by atoms with Crippen LogP contribution in [-0.2, 0) is 7.05 Å². The third-order valence-corrected chi connectivity index (χ3v) is 3.71. The van der Waals surface area contributed by atoms with Crippen LogP contribution >= 0.6 is 0 Å². The molecule has 0 unspecified atom stereocenters. The number of aromatic nitrogens is 3. The lowest BCUT2D eigenvalue weighted by Crippen LogP contribution is -2.42. The molecule has 96 valence electrons. The summed E-state index contributed by atoms with van der Waals surface area (Å²) in [7, 11) is 1.96. The summed E-state index contributed by atoms with van der Waals surface area (Å²) in [5.41, 5.74) is 7.93. The van der Waals surface area contributed by atoms with Gasteiger partial charge in [0.25, 0.3) is 0 Å². The topological polar surface area (TPSA) is 66.0 Å². The second-order valence-electron chi connectivity index (χ2n) is 5.20. The average molecular weight is 246 g/mol. The van der Waals surface area contributed by atoms with E-state index < -0.39 is 0 Å². The fourth-order valence-electron chi connectivity index (χ4n) is 2.58. The van der Waals surface area contributed by atoms with Crippen LogP contribution in [0.4, 0.5) is 0 Å². The van der Waals surface area contributed by atoms with Gasteiger partial charge in [-0.2, -0.15) is 0 Å². The lowest BCUT2D eigenvalue weighted by atomic mass is 10.0. The summed E-state index contributed by atoms with van der Waals surface area (Å²) < 4.78 is 7.76. The number of ether oxygens (including phenoxy) is 1. The number of aryl methyl sites for hydroxylation is 1. The van der Waals surface area contributed by atoms with E-state index in [1.54, 1.807) is 12.5 Å². The zero-order valence-electron chi connectivity index (χ0n) is 10.6. The van der Waals surface area contributed by atoms with Crippen molar-refractivity contribution in [3.63, 3.8) is 0 Å². The van der Waals surface area contributed by atoms with Crippen molar-refractivity contribution in [3.8, 4) is 5.88 Å². The molecule has 2 aromatic heterocycles. The highest BCUT2D eigenvalue weighted by Gasteiger charge is 2.30. The second-order valence-corrected chi connectivity index (χ2v) is 5.20. The Morgan fingerprint density at radius 3 is 2.94 bits per heavy atom. The van der Waals surface area contributed by atoms with Gasteiger partial charge in [0.05, 0.1) is 17.4 Å². The molecule has 1 saturated carbocycles. The predicted molar refractivity (Wildman–Crippen MR) is 69.4 cm³/mol. The number of rotatable bonds is 3. The zero-order chi connectivity index (χ0) is 12.6. The van der Waals surface area contributed by atoms with E-state index in [2.05, 4.69) is 9.97 Å². The third-order valence-electron chi connectivity index (χ3n) is 3.71. The number of nitrogens with zero attached hydrogens (tertiary/aromatic N) is 3. The Balaban J connectivity index is 1.82. The van der Waals surface area contributed by atoms with Gasteiger partial charge in [-0.05, 0) is 18.9 Å². The molecule has 0 amide bonds. The van der Waals surface area contributed by atoms with Gasteiger partial charge < -0.3 is 15.0 Å². The summed E-state index contributed by atoms with van der Waals surface area (Å²) in [6, 6.07) is 1.93. The van der Waals surface area contributed by atoms with Crippen LogP contribution in [0.15, 0.2) is 18.6 Å². The van der Waals surface area contributed by atoms with Crippen molar-refractivity contribution >= 4 is 11.0 Å². The van der Waals surface area contributed by atoms with Crippen LogP contribution in [0.5, 0.6) is 5.88 Å². The monoisotopic (exact) mass is 246 g/mol. The summed E-state index contributed by atoms with van der Waals surface area (Å²) in [5.74, 6) is 0.588. The number of pyridine rings is 1. The smallest absolute Gasteiger partial charge is 0.242 e. The van der Waals surface area contributed by atoms with Gasteiger partial charge in [-0.25, -0.2) is 9.97 Å². The number of hydrogen-bond acceptors (Lipinski definition) is 4. The first kappa shape index (κ1) is 11.5. The molecule has 0 aromatic carbocycles. The maximum Gasteiger partial charge on any atom is 0.242 e. The molecular weight excluding hydrogens is 228 g/mol. The third kappa shape index (κ3) is 1.95. The lowest BCUT2D eigenvalue weighted by Gasteiger charge is -2.23. The number of fused-ring (bicyclic) bond motifs is 1. The van der Waals surface area contributed by atoms with E-state index in [4.69, 9.17) is 10.5 Å². The molecule has 2 N–H and O–H groups in total. The van der Waals surface area contributed by atoms with Gasteiger partial charge in [0.1, 0.15) is 6.61 Å². The summed E-state index contributed by atoms with van der Waals surface area (Å²) in [6.45, 7) is 0.523. The molecule has 0 saturated heterocycles. The van der Waals surface area contributed by atoms with Gasteiger partial charge in [0.15, 0.2) is 5.52 Å². The predicted octanol–water partition coefficient (Wildman–Crippen LogP) is 1.62. The molecule has 2 aromatic rings. The summed E-state index contributed by atoms with van der Waals surface area (Å²) in [5, 5.41) is 0. The van der Waals surface area contributed by atoms with Crippen LogP contribution in [-0.4, -0.2) is 26.7 Å². The first-order chi connectivity index (χ1) is 8.68. The van der Waals surface area contributed by atoms with Gasteiger partial charge in [-0.15, -0.1) is 0 Å². The zero-order valence-corrected chi connectivity index (χ0v) is 10.6. The molecule has 0 bridgehead atoms. The normalized spacial score (nSPS) is 18.3. The SMILES string of the molecule is Cn1cnc2c(OCC3(N)CCCC3)nccc21. The molecule has 0 atom stereocenters. The molecule has 0 aliphatic heterocycles. The standard InChI is InChI=1S/C13H18N4O/c1-17-9-16-11-10(17)4-7-15-12(11)18-8-13(14)5-2-3-6-13/h4,7,9H,2-3,5-6,8,14H2,1H3. The average Bonchev–Trinajstić information content (AvgIpc) is 2.96. The summed E-state index contributed by atoms with van der Waals surface area (Å²) in [6.07, 6.45) is 7.97. The Morgan fingerprint density at radius 2 is 2.17 bits per heavy atom. The molecule has 0 radical (unpaired) electrons. The molecular formula is C13H18N4O. The van der Waals surface area contributed by atoms with Crippen LogP contribution in [0.25, 0.3) is 11.0 Å². The Hall–Kier alpha value is -1.62. The van der Waals surface area contributed by atoms with E-state index in [-0.39, 0.29) is 5.54 Å². The minimum Gasteiger partial charge on any atom is -0.474 e. The Labute approximate surface area is 106 Å². The first-order valence-electron chi connectivity index (χ1n) is 6.36. The Bertz CT molecular complexity index is 557. The highest BCUT2D eigenvalue weighted by Crippen LogP contribution is 2.29. The summed E-state index contributed by atoms with van der Waals surface area (Å²) in [4.78, 5) is 8.58. The van der Waals surface area contributed by atoms with Crippen molar-refractivity contribution in [2.75, 3.05) is 6.61 Å². The van der Waals surface area contributed by atoms with E-state index >= 15 is 0 Å². The van der Waals surface area contributed by atoms with Gasteiger partial charge >= 0.3 is 0 Å². The Morgan fingerprint density at radius 1 is 1.39 bits per heavy atom. The second kappa shape index (κ2) is 4.24. The first-order valence-corrected chi connectivity index (χ1v) is 6.36. The van der Waals surface area contributed by atoms with Crippen molar-refractivity contribution in [2.24, 2.45) is 12.8 Å². The van der Waals surface area contributed by atoms with Gasteiger partial charge in [0.2, 0.25) is 5.88 Å². The van der Waals surface area contributed by atoms with Crippen LogP contribution in [0.1, 0.15) is 25.7 Å². The molecule has 1 aliphatic rings. The number of imidazole rings is 1. The molecule has 5 heteroatoms.